The molecule has 5 nitrogen and oxygen atoms in total. The van der Waals surface area contributed by atoms with Gasteiger partial charge >= 0.3 is 0 Å². The monoisotopic (exact) mass is 297 g/mol. The highest BCUT2D eigenvalue weighted by Gasteiger charge is 2.45. The summed E-state index contributed by atoms with van der Waals surface area (Å²) in [6.45, 7) is 2.54. The summed E-state index contributed by atoms with van der Waals surface area (Å²) in [5, 5.41) is 3.82. The molecule has 0 bridgehead atoms. The van der Waals surface area contributed by atoms with E-state index in [1.807, 2.05) is 0 Å². The Morgan fingerprint density at radius 2 is 1.76 bits per heavy atom. The Hall–Kier alpha value is -0.650. The molecule has 0 saturated heterocycles. The topological polar surface area (TPSA) is 64.8 Å². The molecule has 1 atom stereocenters. The molecule has 0 radical (unpaired) electrons. The SMILES string of the molecule is CC(=O)C(C(C)=O)C(n1cncn1)C(Cl)(Cl)Cl. The van der Waals surface area contributed by atoms with Gasteiger partial charge in [0.25, 0.3) is 0 Å². The minimum Gasteiger partial charge on any atom is -0.299 e. The van der Waals surface area contributed by atoms with Gasteiger partial charge in [-0.15, -0.1) is 0 Å². The predicted octanol–water partition coefficient (Wildman–Crippen LogP) is 1.98. The van der Waals surface area contributed by atoms with E-state index in [9.17, 15) is 9.59 Å². The third kappa shape index (κ3) is 3.40. The van der Waals surface area contributed by atoms with Crippen molar-refractivity contribution >= 4 is 46.4 Å². The fraction of sp³-hybridized carbons (Fsp3) is 0.556. The summed E-state index contributed by atoms with van der Waals surface area (Å²) in [7, 11) is 0. The zero-order valence-corrected chi connectivity index (χ0v) is 11.4. The van der Waals surface area contributed by atoms with Crippen molar-refractivity contribution in [2.24, 2.45) is 5.92 Å². The number of ketones is 2. The molecule has 1 rings (SSSR count). The number of nitrogens with zero attached hydrogens (tertiary/aromatic N) is 3. The van der Waals surface area contributed by atoms with Crippen molar-refractivity contribution in [3.05, 3.63) is 12.7 Å². The quantitative estimate of drug-likeness (QED) is 0.630. The molecule has 1 aromatic rings. The van der Waals surface area contributed by atoms with Gasteiger partial charge < -0.3 is 0 Å². The molecule has 0 N–H and O–H groups in total. The molecule has 0 aliphatic rings. The predicted molar refractivity (Wildman–Crippen MR) is 64.2 cm³/mol. The lowest BCUT2D eigenvalue weighted by atomic mass is 9.93. The number of carbonyl (C=O) groups is 2. The van der Waals surface area contributed by atoms with Gasteiger partial charge in [0, 0.05) is 0 Å². The van der Waals surface area contributed by atoms with E-state index in [4.69, 9.17) is 34.8 Å². The average Bonchev–Trinajstić information content (AvgIpc) is 2.62. The maximum Gasteiger partial charge on any atom is 0.213 e. The van der Waals surface area contributed by atoms with Gasteiger partial charge in [0.05, 0.1) is 0 Å². The minimum absolute atomic E-state index is 0.385. The summed E-state index contributed by atoms with van der Waals surface area (Å²) < 4.78 is -0.629. The number of rotatable bonds is 4. The molecule has 0 spiro atoms. The van der Waals surface area contributed by atoms with Crippen LogP contribution in [0.15, 0.2) is 12.7 Å². The van der Waals surface area contributed by atoms with Crippen molar-refractivity contribution in [2.75, 3.05) is 0 Å². The first-order valence-electron chi connectivity index (χ1n) is 4.67. The lowest BCUT2D eigenvalue weighted by molar-refractivity contribution is -0.132. The summed E-state index contributed by atoms with van der Waals surface area (Å²) in [4.78, 5) is 26.7. The van der Waals surface area contributed by atoms with Crippen LogP contribution >= 0.6 is 34.8 Å². The number of Topliss-reactive ketones (excluding diaryl/α,β-unsaturated/α-hetero) is 2. The summed E-state index contributed by atoms with van der Waals surface area (Å²) in [6, 6.07) is -1.01. The van der Waals surface area contributed by atoms with Crippen LogP contribution in [-0.4, -0.2) is 30.1 Å². The van der Waals surface area contributed by atoms with Gasteiger partial charge in [0.2, 0.25) is 3.79 Å². The van der Waals surface area contributed by atoms with Crippen molar-refractivity contribution < 1.29 is 9.59 Å². The molecule has 1 aromatic heterocycles. The zero-order valence-electron chi connectivity index (χ0n) is 9.10. The number of hydrogen-bond acceptors (Lipinski definition) is 4. The van der Waals surface area contributed by atoms with Crippen molar-refractivity contribution in [2.45, 2.75) is 23.7 Å². The lowest BCUT2D eigenvalue weighted by Crippen LogP contribution is -2.38. The molecule has 0 saturated carbocycles. The highest BCUT2D eigenvalue weighted by atomic mass is 35.6. The summed E-state index contributed by atoms with van der Waals surface area (Å²) in [5.74, 6) is -1.84. The summed E-state index contributed by atoms with van der Waals surface area (Å²) in [6.07, 6.45) is 2.53. The average molecular weight is 299 g/mol. The van der Waals surface area contributed by atoms with Gasteiger partial charge in [-0.3, -0.25) is 9.59 Å². The number of carbonyl (C=O) groups excluding carboxylic acids is 2. The Bertz CT molecular complexity index is 400. The van der Waals surface area contributed by atoms with E-state index in [2.05, 4.69) is 10.1 Å². The highest BCUT2D eigenvalue weighted by Crippen LogP contribution is 2.42. The standard InChI is InChI=1S/C9H10Cl3N3O2/c1-5(16)7(6(2)17)8(9(10,11)12)15-4-13-3-14-15/h3-4,7-8H,1-2H3. The molecule has 17 heavy (non-hydrogen) atoms. The van der Waals surface area contributed by atoms with Gasteiger partial charge in [-0.05, 0) is 13.8 Å². The molecule has 0 aliphatic carbocycles. The van der Waals surface area contributed by atoms with Crippen LogP contribution in [0, 0.1) is 5.92 Å². The Morgan fingerprint density at radius 3 is 2.06 bits per heavy atom. The van der Waals surface area contributed by atoms with Crippen LogP contribution in [0.3, 0.4) is 0 Å². The summed E-state index contributed by atoms with van der Waals surface area (Å²) >= 11 is 17.4. The van der Waals surface area contributed by atoms with Crippen molar-refractivity contribution in [3.8, 4) is 0 Å². The minimum atomic E-state index is -1.84. The molecule has 0 aromatic carbocycles. The molecule has 0 amide bonds. The molecule has 1 unspecified atom stereocenters. The number of hydrogen-bond donors (Lipinski definition) is 0. The van der Waals surface area contributed by atoms with Crippen molar-refractivity contribution in [1.29, 1.82) is 0 Å². The number of aromatic nitrogens is 3. The first-order valence-corrected chi connectivity index (χ1v) is 5.80. The third-order valence-electron chi connectivity index (χ3n) is 2.25. The Morgan fingerprint density at radius 1 is 1.24 bits per heavy atom. The fourth-order valence-corrected chi connectivity index (χ4v) is 2.26. The second-order valence-corrected chi connectivity index (χ2v) is 5.93. The molecule has 0 aliphatic heterocycles. The second-order valence-electron chi connectivity index (χ2n) is 3.56. The molecule has 8 heteroatoms. The van der Waals surface area contributed by atoms with Gasteiger partial charge in [-0.1, -0.05) is 34.8 Å². The first kappa shape index (κ1) is 14.4. The van der Waals surface area contributed by atoms with E-state index in [0.717, 1.165) is 0 Å². The largest absolute Gasteiger partial charge is 0.299 e. The molecular formula is C9H10Cl3N3O2. The van der Waals surface area contributed by atoms with Gasteiger partial charge in [0.1, 0.15) is 36.2 Å². The van der Waals surface area contributed by atoms with Crippen molar-refractivity contribution in [1.82, 2.24) is 14.8 Å². The lowest BCUT2D eigenvalue weighted by Gasteiger charge is -2.29. The third-order valence-corrected chi connectivity index (χ3v) is 2.92. The van der Waals surface area contributed by atoms with E-state index in [0.29, 0.717) is 0 Å². The number of halogens is 3. The maximum atomic E-state index is 11.5. The van der Waals surface area contributed by atoms with E-state index in [1.165, 1.54) is 31.2 Å². The first-order chi connectivity index (χ1) is 7.75. The molecule has 94 valence electrons. The Labute approximate surface area is 113 Å². The van der Waals surface area contributed by atoms with Crippen LogP contribution in [-0.2, 0) is 9.59 Å². The van der Waals surface area contributed by atoms with Crippen LogP contribution in [0.25, 0.3) is 0 Å². The fourth-order valence-electron chi connectivity index (χ4n) is 1.58. The zero-order chi connectivity index (χ0) is 13.2. The Kier molecular flexibility index (Phi) is 4.52. The van der Waals surface area contributed by atoms with Crippen LogP contribution in [0.2, 0.25) is 0 Å². The maximum absolute atomic E-state index is 11.5. The molecular weight excluding hydrogens is 288 g/mol. The Balaban J connectivity index is 3.23. The second kappa shape index (κ2) is 5.33. The van der Waals surface area contributed by atoms with Crippen molar-refractivity contribution in [3.63, 3.8) is 0 Å². The van der Waals surface area contributed by atoms with E-state index < -0.39 is 15.8 Å². The van der Waals surface area contributed by atoms with E-state index in [-0.39, 0.29) is 11.6 Å². The molecule has 0 fully saturated rings. The van der Waals surface area contributed by atoms with Gasteiger partial charge in [0.15, 0.2) is 0 Å². The summed E-state index contributed by atoms with van der Waals surface area (Å²) in [5.41, 5.74) is 0. The van der Waals surface area contributed by atoms with Gasteiger partial charge in [-0.2, -0.15) is 5.10 Å². The van der Waals surface area contributed by atoms with E-state index in [1.54, 1.807) is 0 Å². The van der Waals surface area contributed by atoms with E-state index >= 15 is 0 Å². The normalized spacial score (nSPS) is 13.8. The molecule has 1 heterocycles. The smallest absolute Gasteiger partial charge is 0.213 e. The van der Waals surface area contributed by atoms with Crippen LogP contribution < -0.4 is 0 Å². The van der Waals surface area contributed by atoms with Crippen LogP contribution in [0.1, 0.15) is 19.9 Å². The van der Waals surface area contributed by atoms with Crippen LogP contribution in [0.4, 0.5) is 0 Å². The number of alkyl halides is 3. The van der Waals surface area contributed by atoms with Crippen LogP contribution in [0.5, 0.6) is 0 Å². The van der Waals surface area contributed by atoms with Gasteiger partial charge in [-0.25, -0.2) is 9.67 Å². The highest BCUT2D eigenvalue weighted by molar-refractivity contribution is 6.68.